The van der Waals surface area contributed by atoms with E-state index >= 15 is 0 Å². The van der Waals surface area contributed by atoms with Crippen LogP contribution in [0.3, 0.4) is 0 Å². The van der Waals surface area contributed by atoms with E-state index in [-0.39, 0.29) is 35.4 Å². The lowest BCUT2D eigenvalue weighted by atomic mass is 9.56. The molecule has 0 bridgehead atoms. The van der Waals surface area contributed by atoms with Crippen LogP contribution in [0.4, 0.5) is 0 Å². The molecule has 5 heteroatoms. The van der Waals surface area contributed by atoms with Gasteiger partial charge in [0, 0.05) is 18.6 Å². The number of ether oxygens (including phenoxy) is 1. The quantitative estimate of drug-likeness (QED) is 0.788. The molecule has 0 radical (unpaired) electrons. The zero-order chi connectivity index (χ0) is 11.9. The van der Waals surface area contributed by atoms with Crippen molar-refractivity contribution in [3.63, 3.8) is 0 Å². The molecule has 0 aromatic heterocycles. The van der Waals surface area contributed by atoms with Gasteiger partial charge < -0.3 is 15.8 Å². The number of rotatable bonds is 3. The van der Waals surface area contributed by atoms with E-state index in [9.17, 15) is 4.79 Å². The minimum Gasteiger partial charge on any atom is -0.378 e. The van der Waals surface area contributed by atoms with Crippen LogP contribution in [-0.2, 0) is 9.53 Å². The normalized spacial score (nSPS) is 33.2. The number of hydrogen-bond donors (Lipinski definition) is 2. The first kappa shape index (κ1) is 15.7. The van der Waals surface area contributed by atoms with Gasteiger partial charge in [0.05, 0.1) is 11.6 Å². The average molecular weight is 251 g/mol. The Morgan fingerprint density at radius 1 is 1.50 bits per heavy atom. The maximum atomic E-state index is 11.5. The van der Waals surface area contributed by atoms with E-state index in [2.05, 4.69) is 26.1 Å². The van der Waals surface area contributed by atoms with Crippen molar-refractivity contribution < 1.29 is 9.53 Å². The third kappa shape index (κ3) is 2.34. The lowest BCUT2D eigenvalue weighted by molar-refractivity contribution is -0.182. The highest BCUT2D eigenvalue weighted by Crippen LogP contribution is 2.51. The van der Waals surface area contributed by atoms with Gasteiger partial charge >= 0.3 is 0 Å². The predicted molar refractivity (Wildman–Crippen MR) is 66.6 cm³/mol. The lowest BCUT2D eigenvalue weighted by Crippen LogP contribution is -2.69. The fraction of sp³-hybridized carbons (Fsp3) is 0.909. The van der Waals surface area contributed by atoms with E-state index in [0.29, 0.717) is 0 Å². The molecule has 3 N–H and O–H groups in total. The molecule has 0 aromatic rings. The van der Waals surface area contributed by atoms with Crippen LogP contribution in [0.1, 0.15) is 34.1 Å². The van der Waals surface area contributed by atoms with Gasteiger partial charge in [-0.15, -0.1) is 12.4 Å². The van der Waals surface area contributed by atoms with Crippen molar-refractivity contribution in [3.05, 3.63) is 0 Å². The van der Waals surface area contributed by atoms with Crippen LogP contribution in [0.5, 0.6) is 0 Å². The van der Waals surface area contributed by atoms with Crippen LogP contribution in [-0.4, -0.2) is 30.7 Å². The third-order valence-electron chi connectivity index (χ3n) is 4.01. The van der Waals surface area contributed by atoms with Crippen molar-refractivity contribution in [1.82, 2.24) is 5.32 Å². The highest BCUT2D eigenvalue weighted by atomic mass is 35.5. The molecule has 0 heterocycles. The Morgan fingerprint density at radius 2 is 2.00 bits per heavy atom. The van der Waals surface area contributed by atoms with Gasteiger partial charge in [-0.2, -0.15) is 0 Å². The van der Waals surface area contributed by atoms with Crippen LogP contribution >= 0.6 is 12.4 Å². The van der Waals surface area contributed by atoms with Gasteiger partial charge in [0.2, 0.25) is 5.91 Å². The van der Waals surface area contributed by atoms with Crippen LogP contribution in [0.25, 0.3) is 0 Å². The summed E-state index contributed by atoms with van der Waals surface area (Å²) in [4.78, 5) is 11.5. The van der Waals surface area contributed by atoms with Gasteiger partial charge in [-0.05, 0) is 20.3 Å². The Hall–Kier alpha value is -0.320. The van der Waals surface area contributed by atoms with Gasteiger partial charge in [0.25, 0.3) is 0 Å². The third-order valence-corrected chi connectivity index (χ3v) is 4.01. The molecule has 1 saturated carbocycles. The molecule has 0 spiro atoms. The van der Waals surface area contributed by atoms with Crippen molar-refractivity contribution in [2.45, 2.75) is 51.8 Å². The van der Waals surface area contributed by atoms with Gasteiger partial charge in [0.1, 0.15) is 0 Å². The number of methoxy groups -OCH3 is 1. The minimum atomic E-state index is -0.449. The number of carbonyl (C=O) groups excluding carboxylic acids is 1. The van der Waals surface area contributed by atoms with E-state index in [1.54, 1.807) is 14.0 Å². The number of amides is 1. The first-order valence-electron chi connectivity index (χ1n) is 5.36. The molecule has 1 aliphatic carbocycles. The van der Waals surface area contributed by atoms with E-state index in [4.69, 9.17) is 10.5 Å². The fourth-order valence-corrected chi connectivity index (χ4v) is 2.03. The van der Waals surface area contributed by atoms with Crippen LogP contribution in [0, 0.1) is 5.41 Å². The largest absolute Gasteiger partial charge is 0.378 e. The first-order valence-corrected chi connectivity index (χ1v) is 5.36. The van der Waals surface area contributed by atoms with Crippen molar-refractivity contribution >= 4 is 18.3 Å². The molecule has 3 atom stereocenters. The van der Waals surface area contributed by atoms with Crippen LogP contribution in [0.15, 0.2) is 0 Å². The molecule has 1 rings (SSSR count). The van der Waals surface area contributed by atoms with Crippen molar-refractivity contribution in [2.24, 2.45) is 11.1 Å². The summed E-state index contributed by atoms with van der Waals surface area (Å²) in [6.45, 7) is 7.97. The Balaban J connectivity index is 0.00000225. The average Bonchev–Trinajstić information content (AvgIpc) is 2.16. The van der Waals surface area contributed by atoms with Crippen LogP contribution < -0.4 is 11.1 Å². The molecule has 0 aromatic carbocycles. The monoisotopic (exact) mass is 250 g/mol. The molecule has 1 amide bonds. The summed E-state index contributed by atoms with van der Waals surface area (Å²) in [7, 11) is 1.71. The Labute approximate surface area is 104 Å². The second-order valence-corrected chi connectivity index (χ2v) is 5.21. The molecule has 1 aliphatic rings. The highest BCUT2D eigenvalue weighted by Gasteiger charge is 2.58. The number of nitrogens with one attached hydrogen (secondary N) is 1. The first-order chi connectivity index (χ1) is 6.74. The topological polar surface area (TPSA) is 64.3 Å². The van der Waals surface area contributed by atoms with E-state index in [1.807, 2.05) is 0 Å². The smallest absolute Gasteiger partial charge is 0.236 e. The van der Waals surface area contributed by atoms with Crippen molar-refractivity contribution in [2.75, 3.05) is 7.11 Å². The highest BCUT2D eigenvalue weighted by molar-refractivity contribution is 5.85. The van der Waals surface area contributed by atoms with Gasteiger partial charge in [-0.1, -0.05) is 13.8 Å². The predicted octanol–water partition coefficient (Wildman–Crippen LogP) is 1.08. The maximum Gasteiger partial charge on any atom is 0.236 e. The molecule has 0 aliphatic heterocycles. The summed E-state index contributed by atoms with van der Waals surface area (Å²) in [5.74, 6) is -0.0915. The molecule has 0 saturated heterocycles. The van der Waals surface area contributed by atoms with Gasteiger partial charge in [-0.3, -0.25) is 4.79 Å². The standard InChI is InChI=1S/C11H22N2O2.ClH/c1-7(12)9(14)13-8-6-11(4,15-5)10(8,2)3;/h7-8H,6,12H2,1-5H3,(H,13,14);1H/t7-,8?,11?;/m0./s1. The Kier molecular flexibility index (Phi) is 4.80. The molecular formula is C11H23ClN2O2. The number of halogens is 1. The maximum absolute atomic E-state index is 11.5. The number of hydrogen-bond acceptors (Lipinski definition) is 3. The molecule has 1 fully saturated rings. The zero-order valence-corrected chi connectivity index (χ0v) is 11.5. The van der Waals surface area contributed by atoms with Gasteiger partial charge in [-0.25, -0.2) is 0 Å². The van der Waals surface area contributed by atoms with E-state index in [0.717, 1.165) is 6.42 Å². The SMILES string of the molecule is COC1(C)CC(NC(=O)[C@H](C)N)C1(C)C.Cl. The Morgan fingerprint density at radius 3 is 2.31 bits per heavy atom. The molecule has 4 nitrogen and oxygen atoms in total. The zero-order valence-electron chi connectivity index (χ0n) is 10.7. The van der Waals surface area contributed by atoms with Gasteiger partial charge in [0.15, 0.2) is 0 Å². The molecular weight excluding hydrogens is 228 g/mol. The molecule has 16 heavy (non-hydrogen) atoms. The molecule has 96 valence electrons. The number of nitrogens with two attached hydrogens (primary N) is 1. The fourth-order valence-electron chi connectivity index (χ4n) is 2.03. The summed E-state index contributed by atoms with van der Waals surface area (Å²) in [6.07, 6.45) is 0.842. The number of carbonyl (C=O) groups is 1. The second kappa shape index (κ2) is 4.90. The summed E-state index contributed by atoms with van der Waals surface area (Å²) >= 11 is 0. The second-order valence-electron chi connectivity index (χ2n) is 5.21. The summed E-state index contributed by atoms with van der Waals surface area (Å²) < 4.78 is 5.48. The molecule has 2 unspecified atom stereocenters. The Bertz CT molecular complexity index is 269. The van der Waals surface area contributed by atoms with Crippen molar-refractivity contribution in [1.29, 1.82) is 0 Å². The van der Waals surface area contributed by atoms with Crippen molar-refractivity contribution in [3.8, 4) is 0 Å². The summed E-state index contributed by atoms with van der Waals surface area (Å²) in [6, 6.07) is -0.295. The summed E-state index contributed by atoms with van der Waals surface area (Å²) in [5.41, 5.74) is 5.31. The summed E-state index contributed by atoms with van der Waals surface area (Å²) in [5, 5.41) is 2.95. The van der Waals surface area contributed by atoms with E-state index < -0.39 is 6.04 Å². The minimum absolute atomic E-state index is 0. The lowest BCUT2D eigenvalue weighted by Gasteiger charge is -2.59. The van der Waals surface area contributed by atoms with Crippen LogP contribution in [0.2, 0.25) is 0 Å². The van der Waals surface area contributed by atoms with E-state index in [1.165, 1.54) is 0 Å².